The minimum atomic E-state index is 0.258. The van der Waals surface area contributed by atoms with E-state index in [0.717, 1.165) is 72.5 Å². The molecule has 0 radical (unpaired) electrons. The Bertz CT molecular complexity index is 2110. The van der Waals surface area contributed by atoms with Crippen molar-refractivity contribution in [2.75, 3.05) is 0 Å². The number of phenols is 1. The molecule has 186 valence electrons. The van der Waals surface area contributed by atoms with Gasteiger partial charge in [-0.25, -0.2) is 0 Å². The van der Waals surface area contributed by atoms with E-state index in [0.29, 0.717) is 0 Å². The van der Waals surface area contributed by atoms with Crippen molar-refractivity contribution < 1.29 is 18.5 Å². The van der Waals surface area contributed by atoms with E-state index in [1.165, 1.54) is 11.1 Å². The molecule has 0 fully saturated rings. The summed E-state index contributed by atoms with van der Waals surface area (Å²) in [5.41, 5.74) is 12.5. The van der Waals surface area contributed by atoms with Crippen molar-refractivity contribution in [3.63, 3.8) is 0 Å². The van der Waals surface area contributed by atoms with E-state index < -0.39 is 0 Å². The number of aromatic hydroxyl groups is 1. The molecule has 0 aliphatic heterocycles. The van der Waals surface area contributed by atoms with E-state index in [1.807, 2.05) is 42.9 Å². The van der Waals surface area contributed by atoms with Crippen LogP contribution < -0.4 is 4.57 Å². The summed E-state index contributed by atoms with van der Waals surface area (Å²) < 4.78 is 15.7. The van der Waals surface area contributed by atoms with Gasteiger partial charge in [0.25, 0.3) is 5.69 Å². The normalized spacial score (nSPS) is 11.9. The predicted octanol–water partition coefficient (Wildman–Crippen LogP) is 8.67. The molecular formula is C35H24NO3+. The molecule has 1 aliphatic carbocycles. The zero-order valence-electron chi connectivity index (χ0n) is 21.5. The lowest BCUT2D eigenvalue weighted by molar-refractivity contribution is -0.659. The number of furan rings is 2. The second-order valence-corrected chi connectivity index (χ2v) is 10.2. The van der Waals surface area contributed by atoms with E-state index >= 15 is 0 Å². The predicted molar refractivity (Wildman–Crippen MR) is 154 cm³/mol. The highest BCUT2D eigenvalue weighted by Gasteiger charge is 2.32. The number of pyridine rings is 1. The molecule has 0 bridgehead atoms. The van der Waals surface area contributed by atoms with Gasteiger partial charge in [0.15, 0.2) is 17.4 Å². The van der Waals surface area contributed by atoms with Crippen LogP contribution in [0.2, 0.25) is 0 Å². The molecule has 0 saturated heterocycles. The summed E-state index contributed by atoms with van der Waals surface area (Å²) in [7, 11) is 2.00. The van der Waals surface area contributed by atoms with Gasteiger partial charge in [-0.2, -0.15) is 4.57 Å². The second kappa shape index (κ2) is 7.95. The third-order valence-corrected chi connectivity index (χ3v) is 8.03. The van der Waals surface area contributed by atoms with E-state index in [2.05, 4.69) is 72.8 Å². The van der Waals surface area contributed by atoms with Crippen LogP contribution in [0.5, 0.6) is 5.75 Å². The van der Waals surface area contributed by atoms with Crippen LogP contribution in [0, 0.1) is 6.92 Å². The summed E-state index contributed by atoms with van der Waals surface area (Å²) >= 11 is 0. The fourth-order valence-electron chi connectivity index (χ4n) is 6.13. The van der Waals surface area contributed by atoms with Crippen LogP contribution in [0.1, 0.15) is 5.56 Å². The molecule has 8 rings (SSSR count). The maximum atomic E-state index is 10.5. The Balaban J connectivity index is 1.53. The zero-order chi connectivity index (χ0) is 26.2. The molecule has 7 aromatic rings. The number of hydrogen-bond donors (Lipinski definition) is 1. The lowest BCUT2D eigenvalue weighted by Crippen LogP contribution is -2.30. The third kappa shape index (κ3) is 2.97. The smallest absolute Gasteiger partial charge is 0.256 e. The largest absolute Gasteiger partial charge is 0.508 e. The minimum Gasteiger partial charge on any atom is -0.508 e. The monoisotopic (exact) mass is 506 g/mol. The lowest BCUT2D eigenvalue weighted by atomic mass is 9.83. The maximum absolute atomic E-state index is 10.5. The highest BCUT2D eigenvalue weighted by atomic mass is 16.4. The third-order valence-electron chi connectivity index (χ3n) is 8.03. The summed E-state index contributed by atoms with van der Waals surface area (Å²) in [5.74, 6) is 1.07. The summed E-state index contributed by atoms with van der Waals surface area (Å²) in [6.07, 6.45) is 2.02. The van der Waals surface area contributed by atoms with Crippen LogP contribution in [0.15, 0.2) is 112 Å². The number of benzene rings is 4. The van der Waals surface area contributed by atoms with Crippen molar-refractivity contribution in [1.82, 2.24) is 0 Å². The molecule has 0 saturated carbocycles. The number of nitrogens with zero attached hydrogens (tertiary/aromatic N) is 1. The molecule has 39 heavy (non-hydrogen) atoms. The first-order valence-electron chi connectivity index (χ1n) is 13.1. The molecule has 0 amide bonds. The summed E-state index contributed by atoms with van der Waals surface area (Å²) in [6, 6.07) is 33.1. The Hall–Kier alpha value is -5.09. The lowest BCUT2D eigenvalue weighted by Gasteiger charge is -2.19. The Kier molecular flexibility index (Phi) is 4.48. The standard InChI is InChI=1S/C35H23NO3/c1-20-21(16-9-17-29(20)37)31-33-28(18-19-36(31)2)34-35(39-33)30-26-14-7-5-12-24(26)22-10-3-4-11-23(22)25-13-6-8-15-27(25)32(30)38-34/h3-19H,1-2H3/p+1. The van der Waals surface area contributed by atoms with Gasteiger partial charge in [-0.1, -0.05) is 78.9 Å². The first kappa shape index (κ1) is 21.9. The highest BCUT2D eigenvalue weighted by molar-refractivity contribution is 6.15. The van der Waals surface area contributed by atoms with Crippen molar-refractivity contribution in [2.45, 2.75) is 6.92 Å². The van der Waals surface area contributed by atoms with Crippen LogP contribution in [-0.2, 0) is 7.05 Å². The number of fused-ring (bicyclic) bond motifs is 12. The first-order chi connectivity index (χ1) is 19.1. The summed E-state index contributed by atoms with van der Waals surface area (Å²) in [5, 5.41) is 11.4. The maximum Gasteiger partial charge on any atom is 0.256 e. The molecule has 1 aliphatic rings. The molecule has 0 atom stereocenters. The average Bonchev–Trinajstić information content (AvgIpc) is 3.50. The molecule has 4 heteroatoms. The highest BCUT2D eigenvalue weighted by Crippen LogP contribution is 2.52. The number of aryl methyl sites for hydroxylation is 1. The fraction of sp³-hybridized carbons (Fsp3) is 0.0571. The molecule has 4 nitrogen and oxygen atoms in total. The molecule has 1 N–H and O–H groups in total. The van der Waals surface area contributed by atoms with Gasteiger partial charge in [0.1, 0.15) is 18.6 Å². The van der Waals surface area contributed by atoms with Gasteiger partial charge in [-0.3, -0.25) is 0 Å². The van der Waals surface area contributed by atoms with Crippen LogP contribution in [0.25, 0.3) is 78.1 Å². The van der Waals surface area contributed by atoms with Crippen LogP contribution in [0.4, 0.5) is 0 Å². The van der Waals surface area contributed by atoms with Crippen LogP contribution >= 0.6 is 0 Å². The van der Waals surface area contributed by atoms with Crippen molar-refractivity contribution in [3.05, 3.63) is 109 Å². The van der Waals surface area contributed by atoms with Gasteiger partial charge in [0.2, 0.25) is 5.58 Å². The molecule has 0 spiro atoms. The van der Waals surface area contributed by atoms with Gasteiger partial charge >= 0.3 is 0 Å². The van der Waals surface area contributed by atoms with Gasteiger partial charge < -0.3 is 13.9 Å². The quantitative estimate of drug-likeness (QED) is 0.227. The zero-order valence-corrected chi connectivity index (χ0v) is 21.5. The summed E-state index contributed by atoms with van der Waals surface area (Å²) in [4.78, 5) is 0. The molecule has 3 heterocycles. The molecule has 0 unspecified atom stereocenters. The van der Waals surface area contributed by atoms with Crippen molar-refractivity contribution in [1.29, 1.82) is 0 Å². The van der Waals surface area contributed by atoms with Gasteiger partial charge in [0, 0.05) is 17.2 Å². The van der Waals surface area contributed by atoms with E-state index in [-0.39, 0.29) is 5.75 Å². The minimum absolute atomic E-state index is 0.258. The Morgan fingerprint density at radius 3 is 1.82 bits per heavy atom. The summed E-state index contributed by atoms with van der Waals surface area (Å²) in [6.45, 7) is 1.93. The topological polar surface area (TPSA) is 50.4 Å². The molecule has 3 aromatic heterocycles. The number of phenolic OH excluding ortho intramolecular Hbond substituents is 1. The van der Waals surface area contributed by atoms with Crippen LogP contribution in [0.3, 0.4) is 0 Å². The van der Waals surface area contributed by atoms with Crippen molar-refractivity contribution in [2.24, 2.45) is 7.05 Å². The van der Waals surface area contributed by atoms with Crippen molar-refractivity contribution in [3.8, 4) is 61.7 Å². The van der Waals surface area contributed by atoms with Crippen molar-refractivity contribution >= 4 is 22.1 Å². The molecule has 4 aromatic carbocycles. The number of aromatic nitrogens is 1. The average molecular weight is 507 g/mol. The SMILES string of the molecule is Cc1c(O)cccc1-c1c2oc3c4c(oc3c2cc[n+]1C)-c1ccccc1-c1ccccc1-c1ccccc1-4. The van der Waals surface area contributed by atoms with Gasteiger partial charge in [0.05, 0.1) is 16.5 Å². The van der Waals surface area contributed by atoms with Crippen LogP contribution in [-0.4, -0.2) is 5.11 Å². The first-order valence-corrected chi connectivity index (χ1v) is 13.1. The number of rotatable bonds is 1. The second-order valence-electron chi connectivity index (χ2n) is 10.2. The molecular weight excluding hydrogens is 482 g/mol. The fourth-order valence-corrected chi connectivity index (χ4v) is 6.13. The van der Waals surface area contributed by atoms with Gasteiger partial charge in [-0.05, 0) is 46.9 Å². The Morgan fingerprint density at radius 2 is 1.13 bits per heavy atom. The Morgan fingerprint density at radius 1 is 0.564 bits per heavy atom. The Labute approximate surface area is 225 Å². The van der Waals surface area contributed by atoms with E-state index in [9.17, 15) is 5.11 Å². The van der Waals surface area contributed by atoms with E-state index in [4.69, 9.17) is 8.83 Å². The van der Waals surface area contributed by atoms with Gasteiger partial charge in [-0.15, -0.1) is 0 Å². The number of hydrogen-bond acceptors (Lipinski definition) is 3. The van der Waals surface area contributed by atoms with E-state index in [1.54, 1.807) is 6.07 Å².